The molecular formula is C14H20N2O. The van der Waals surface area contributed by atoms with Crippen molar-refractivity contribution >= 4 is 5.91 Å². The van der Waals surface area contributed by atoms with Crippen LogP contribution >= 0.6 is 0 Å². The van der Waals surface area contributed by atoms with Gasteiger partial charge in [-0.15, -0.1) is 0 Å². The summed E-state index contributed by atoms with van der Waals surface area (Å²) in [5.74, 6) is 1.01. The highest BCUT2D eigenvalue weighted by Crippen LogP contribution is 2.37. The zero-order valence-corrected chi connectivity index (χ0v) is 10.2. The van der Waals surface area contributed by atoms with E-state index in [9.17, 15) is 4.79 Å². The van der Waals surface area contributed by atoms with Gasteiger partial charge < -0.3 is 11.1 Å². The Morgan fingerprint density at radius 1 is 1.47 bits per heavy atom. The van der Waals surface area contributed by atoms with E-state index in [0.717, 1.165) is 18.4 Å². The van der Waals surface area contributed by atoms with Crippen LogP contribution in [0.3, 0.4) is 0 Å². The molecule has 0 radical (unpaired) electrons. The van der Waals surface area contributed by atoms with Crippen LogP contribution in [0.1, 0.15) is 31.4 Å². The van der Waals surface area contributed by atoms with Gasteiger partial charge in [-0.25, -0.2) is 0 Å². The molecule has 0 aliphatic heterocycles. The molecule has 92 valence electrons. The van der Waals surface area contributed by atoms with Gasteiger partial charge in [0.2, 0.25) is 5.91 Å². The van der Waals surface area contributed by atoms with Gasteiger partial charge in [-0.3, -0.25) is 4.79 Å². The molecule has 3 nitrogen and oxygen atoms in total. The van der Waals surface area contributed by atoms with E-state index in [1.807, 2.05) is 30.3 Å². The molecule has 0 aromatic heterocycles. The Hall–Kier alpha value is -1.35. The summed E-state index contributed by atoms with van der Waals surface area (Å²) < 4.78 is 0. The van der Waals surface area contributed by atoms with E-state index in [1.54, 1.807) is 0 Å². The van der Waals surface area contributed by atoms with Crippen LogP contribution in [0, 0.1) is 11.8 Å². The van der Waals surface area contributed by atoms with E-state index in [2.05, 4.69) is 12.2 Å². The highest BCUT2D eigenvalue weighted by Gasteiger charge is 2.38. The van der Waals surface area contributed by atoms with Gasteiger partial charge in [0, 0.05) is 18.5 Å². The zero-order chi connectivity index (χ0) is 12.3. The molecule has 3 N–H and O–H groups in total. The lowest BCUT2D eigenvalue weighted by atomic mass is 10.1. The molecule has 0 bridgehead atoms. The molecule has 1 amide bonds. The lowest BCUT2D eigenvalue weighted by Gasteiger charge is -2.12. The summed E-state index contributed by atoms with van der Waals surface area (Å²) in [4.78, 5) is 11.6. The normalized spacial score (nSPS) is 24.1. The first-order valence-electron chi connectivity index (χ1n) is 6.26. The fraction of sp³-hybridized carbons (Fsp3) is 0.500. The van der Waals surface area contributed by atoms with Crippen LogP contribution in [0.4, 0.5) is 0 Å². The van der Waals surface area contributed by atoms with Crippen LogP contribution in [0.15, 0.2) is 30.3 Å². The van der Waals surface area contributed by atoms with Gasteiger partial charge >= 0.3 is 0 Å². The molecule has 17 heavy (non-hydrogen) atoms. The number of carbonyl (C=O) groups is 1. The van der Waals surface area contributed by atoms with Crippen molar-refractivity contribution in [2.75, 3.05) is 6.54 Å². The maximum atomic E-state index is 11.6. The molecule has 2 rings (SSSR count). The summed E-state index contributed by atoms with van der Waals surface area (Å²) in [6.45, 7) is 2.78. The predicted molar refractivity (Wildman–Crippen MR) is 68.3 cm³/mol. The molecule has 0 saturated heterocycles. The van der Waals surface area contributed by atoms with Crippen molar-refractivity contribution in [2.45, 2.75) is 25.8 Å². The molecule has 0 spiro atoms. The predicted octanol–water partition coefficient (Wildman–Crippen LogP) is 1.85. The van der Waals surface area contributed by atoms with Crippen molar-refractivity contribution in [2.24, 2.45) is 17.6 Å². The number of nitrogens with one attached hydrogen (secondary N) is 1. The third-order valence-corrected chi connectivity index (χ3v) is 3.43. The summed E-state index contributed by atoms with van der Waals surface area (Å²) in [6, 6.07) is 10.0. The number of hydrogen-bond acceptors (Lipinski definition) is 2. The quantitative estimate of drug-likeness (QED) is 0.814. The molecule has 3 atom stereocenters. The zero-order valence-electron chi connectivity index (χ0n) is 10.2. The lowest BCUT2D eigenvalue weighted by Crippen LogP contribution is -2.28. The van der Waals surface area contributed by atoms with Crippen LogP contribution in [0.25, 0.3) is 0 Å². The molecule has 3 unspecified atom stereocenters. The minimum Gasteiger partial charge on any atom is -0.356 e. The molecule has 1 aliphatic rings. The molecule has 0 heterocycles. The van der Waals surface area contributed by atoms with Gasteiger partial charge in [-0.1, -0.05) is 37.3 Å². The maximum Gasteiger partial charge on any atom is 0.223 e. The van der Waals surface area contributed by atoms with Crippen molar-refractivity contribution in [3.05, 3.63) is 35.9 Å². The van der Waals surface area contributed by atoms with Crippen LogP contribution < -0.4 is 11.1 Å². The molecular weight excluding hydrogens is 212 g/mol. The van der Waals surface area contributed by atoms with E-state index in [-0.39, 0.29) is 17.9 Å². The minimum absolute atomic E-state index is 0.00752. The van der Waals surface area contributed by atoms with Crippen molar-refractivity contribution < 1.29 is 4.79 Å². The Labute approximate surface area is 102 Å². The topological polar surface area (TPSA) is 55.1 Å². The van der Waals surface area contributed by atoms with Crippen molar-refractivity contribution in [3.63, 3.8) is 0 Å². The first-order chi connectivity index (χ1) is 8.18. The Morgan fingerprint density at radius 3 is 2.71 bits per heavy atom. The SMILES string of the molecule is CC1CC1C(=O)NCCC(N)c1ccccc1. The first-order valence-corrected chi connectivity index (χ1v) is 6.26. The van der Waals surface area contributed by atoms with Crippen LogP contribution in [-0.2, 0) is 4.79 Å². The number of nitrogens with two attached hydrogens (primary N) is 1. The summed E-state index contributed by atoms with van der Waals surface area (Å²) in [6.07, 6.45) is 1.83. The Kier molecular flexibility index (Phi) is 3.79. The third-order valence-electron chi connectivity index (χ3n) is 3.43. The van der Waals surface area contributed by atoms with E-state index in [4.69, 9.17) is 5.73 Å². The first kappa shape index (κ1) is 12.1. The monoisotopic (exact) mass is 232 g/mol. The maximum absolute atomic E-state index is 11.6. The van der Waals surface area contributed by atoms with Crippen molar-refractivity contribution in [1.82, 2.24) is 5.32 Å². The van der Waals surface area contributed by atoms with Crippen molar-refractivity contribution in [3.8, 4) is 0 Å². The number of benzene rings is 1. The lowest BCUT2D eigenvalue weighted by molar-refractivity contribution is -0.122. The molecule has 1 saturated carbocycles. The second-order valence-corrected chi connectivity index (χ2v) is 4.92. The van der Waals surface area contributed by atoms with Gasteiger partial charge in [0.05, 0.1) is 0 Å². The molecule has 1 aliphatic carbocycles. The highest BCUT2D eigenvalue weighted by molar-refractivity contribution is 5.81. The van der Waals surface area contributed by atoms with Gasteiger partial charge in [-0.05, 0) is 24.3 Å². The van der Waals surface area contributed by atoms with Gasteiger partial charge in [0.1, 0.15) is 0 Å². The average Bonchev–Trinajstić information content (AvgIpc) is 3.07. The second kappa shape index (κ2) is 5.32. The molecule has 3 heteroatoms. The van der Waals surface area contributed by atoms with Gasteiger partial charge in [0.15, 0.2) is 0 Å². The summed E-state index contributed by atoms with van der Waals surface area (Å²) in [5.41, 5.74) is 7.18. The van der Waals surface area contributed by atoms with E-state index in [0.29, 0.717) is 12.5 Å². The average molecular weight is 232 g/mol. The number of hydrogen-bond donors (Lipinski definition) is 2. The van der Waals surface area contributed by atoms with E-state index < -0.39 is 0 Å². The van der Waals surface area contributed by atoms with E-state index in [1.165, 1.54) is 0 Å². The Balaban J connectivity index is 1.70. The number of carbonyl (C=O) groups excluding carboxylic acids is 1. The standard InChI is InChI=1S/C14H20N2O/c1-10-9-12(10)14(17)16-8-7-13(15)11-5-3-2-4-6-11/h2-6,10,12-13H,7-9,15H2,1H3,(H,16,17). The number of rotatable bonds is 5. The van der Waals surface area contributed by atoms with Crippen molar-refractivity contribution in [1.29, 1.82) is 0 Å². The summed E-state index contributed by atoms with van der Waals surface area (Å²) in [5, 5.41) is 2.96. The largest absolute Gasteiger partial charge is 0.356 e. The summed E-state index contributed by atoms with van der Waals surface area (Å²) >= 11 is 0. The fourth-order valence-corrected chi connectivity index (χ4v) is 2.04. The van der Waals surface area contributed by atoms with E-state index >= 15 is 0 Å². The van der Waals surface area contributed by atoms with Gasteiger partial charge in [-0.2, -0.15) is 0 Å². The summed E-state index contributed by atoms with van der Waals surface area (Å²) in [7, 11) is 0. The molecule has 1 aromatic carbocycles. The third kappa shape index (κ3) is 3.30. The smallest absolute Gasteiger partial charge is 0.223 e. The highest BCUT2D eigenvalue weighted by atomic mass is 16.2. The second-order valence-electron chi connectivity index (χ2n) is 4.92. The van der Waals surface area contributed by atoms with Crippen LogP contribution in [-0.4, -0.2) is 12.5 Å². The molecule has 1 fully saturated rings. The van der Waals surface area contributed by atoms with Crippen LogP contribution in [0.5, 0.6) is 0 Å². The van der Waals surface area contributed by atoms with Gasteiger partial charge in [0.25, 0.3) is 0 Å². The molecule has 1 aromatic rings. The Morgan fingerprint density at radius 2 is 2.12 bits per heavy atom. The Bertz CT molecular complexity index is 377. The van der Waals surface area contributed by atoms with Crippen LogP contribution in [0.2, 0.25) is 0 Å². The number of amides is 1. The minimum atomic E-state index is 0.00752. The fourth-order valence-electron chi connectivity index (χ4n) is 2.04.